The molecule has 2 rings (SSSR count). The van der Waals surface area contributed by atoms with Crippen molar-refractivity contribution >= 4 is 29.9 Å². The summed E-state index contributed by atoms with van der Waals surface area (Å²) in [6.45, 7) is 6.01. The Labute approximate surface area is 173 Å². The van der Waals surface area contributed by atoms with Crippen molar-refractivity contribution in [2.45, 2.75) is 32.9 Å². The molecule has 0 aliphatic carbocycles. The Morgan fingerprint density at radius 3 is 2.69 bits per heavy atom. The van der Waals surface area contributed by atoms with Crippen molar-refractivity contribution in [1.82, 2.24) is 20.4 Å². The van der Waals surface area contributed by atoms with Crippen LogP contribution >= 0.6 is 24.0 Å². The van der Waals surface area contributed by atoms with Crippen molar-refractivity contribution < 1.29 is 4.74 Å². The summed E-state index contributed by atoms with van der Waals surface area (Å²) >= 11 is 0. The second kappa shape index (κ2) is 13.6. The fourth-order valence-electron chi connectivity index (χ4n) is 2.44. The first-order valence-electron chi connectivity index (χ1n) is 8.89. The van der Waals surface area contributed by atoms with Crippen LogP contribution in [0.5, 0.6) is 0 Å². The Hall–Kier alpha value is -1.61. The second-order valence-corrected chi connectivity index (χ2v) is 5.79. The molecule has 0 saturated carbocycles. The SMILES string of the molecule is CCOCCCCNC(=NC)NCc1cnn(Cc2ccccc2)c1.I. The molecule has 0 fully saturated rings. The van der Waals surface area contributed by atoms with E-state index in [9.17, 15) is 0 Å². The summed E-state index contributed by atoms with van der Waals surface area (Å²) in [7, 11) is 1.79. The molecule has 26 heavy (non-hydrogen) atoms. The molecule has 0 amide bonds. The van der Waals surface area contributed by atoms with Gasteiger partial charge < -0.3 is 15.4 Å². The van der Waals surface area contributed by atoms with Gasteiger partial charge in [-0.05, 0) is 25.3 Å². The summed E-state index contributed by atoms with van der Waals surface area (Å²) in [6.07, 6.45) is 6.08. The van der Waals surface area contributed by atoms with Gasteiger partial charge in [0.15, 0.2) is 5.96 Å². The van der Waals surface area contributed by atoms with Crippen LogP contribution in [-0.2, 0) is 17.8 Å². The average Bonchev–Trinajstić information content (AvgIpc) is 3.08. The molecule has 2 aromatic rings. The minimum atomic E-state index is 0. The van der Waals surface area contributed by atoms with Crippen molar-refractivity contribution in [2.24, 2.45) is 4.99 Å². The van der Waals surface area contributed by atoms with Crippen molar-refractivity contribution in [1.29, 1.82) is 0 Å². The molecule has 0 unspecified atom stereocenters. The van der Waals surface area contributed by atoms with Gasteiger partial charge >= 0.3 is 0 Å². The quantitative estimate of drug-likeness (QED) is 0.242. The van der Waals surface area contributed by atoms with Gasteiger partial charge in [-0.15, -0.1) is 24.0 Å². The van der Waals surface area contributed by atoms with Gasteiger partial charge in [-0.25, -0.2) is 0 Å². The maximum atomic E-state index is 5.33. The predicted octanol–water partition coefficient (Wildman–Crippen LogP) is 3.03. The Morgan fingerprint density at radius 1 is 1.15 bits per heavy atom. The number of aliphatic imine (C=N–C) groups is 1. The summed E-state index contributed by atoms with van der Waals surface area (Å²) in [4.78, 5) is 4.25. The second-order valence-electron chi connectivity index (χ2n) is 5.79. The molecular weight excluding hydrogens is 441 g/mol. The summed E-state index contributed by atoms with van der Waals surface area (Å²) in [5, 5.41) is 11.1. The van der Waals surface area contributed by atoms with E-state index in [-0.39, 0.29) is 24.0 Å². The monoisotopic (exact) mass is 471 g/mol. The van der Waals surface area contributed by atoms with Crippen molar-refractivity contribution in [2.75, 3.05) is 26.8 Å². The van der Waals surface area contributed by atoms with Crippen LogP contribution < -0.4 is 10.6 Å². The van der Waals surface area contributed by atoms with Crippen LogP contribution in [0.4, 0.5) is 0 Å². The maximum absolute atomic E-state index is 5.33. The lowest BCUT2D eigenvalue weighted by Gasteiger charge is -2.11. The van der Waals surface area contributed by atoms with E-state index in [4.69, 9.17) is 4.74 Å². The van der Waals surface area contributed by atoms with Crippen LogP contribution in [0.15, 0.2) is 47.7 Å². The Morgan fingerprint density at radius 2 is 1.96 bits per heavy atom. The van der Waals surface area contributed by atoms with Gasteiger partial charge in [0.05, 0.1) is 12.7 Å². The lowest BCUT2D eigenvalue weighted by molar-refractivity contribution is 0.143. The predicted molar refractivity (Wildman–Crippen MR) is 117 cm³/mol. The molecule has 0 radical (unpaired) electrons. The minimum absolute atomic E-state index is 0. The number of halogens is 1. The number of benzene rings is 1. The van der Waals surface area contributed by atoms with Crippen molar-refractivity contribution in [3.63, 3.8) is 0 Å². The molecule has 0 aliphatic rings. The van der Waals surface area contributed by atoms with Crippen LogP contribution in [0, 0.1) is 0 Å². The zero-order valence-electron chi connectivity index (χ0n) is 15.6. The normalized spacial score (nSPS) is 11.1. The number of unbranched alkanes of at least 4 members (excludes halogenated alkanes) is 1. The van der Waals surface area contributed by atoms with E-state index in [2.05, 4.69) is 39.1 Å². The summed E-state index contributed by atoms with van der Waals surface area (Å²) in [5.74, 6) is 0.812. The molecule has 2 N–H and O–H groups in total. The highest BCUT2D eigenvalue weighted by Gasteiger charge is 2.02. The highest BCUT2D eigenvalue weighted by molar-refractivity contribution is 14.0. The largest absolute Gasteiger partial charge is 0.382 e. The Balaban J connectivity index is 0.00000338. The fraction of sp³-hybridized carbons (Fsp3) is 0.474. The maximum Gasteiger partial charge on any atom is 0.191 e. The summed E-state index contributed by atoms with van der Waals surface area (Å²) < 4.78 is 7.29. The van der Waals surface area contributed by atoms with Gasteiger partial charge in [-0.3, -0.25) is 9.67 Å². The van der Waals surface area contributed by atoms with E-state index in [1.165, 1.54) is 5.56 Å². The number of ether oxygens (including phenoxy) is 1. The topological polar surface area (TPSA) is 63.5 Å². The number of hydrogen-bond donors (Lipinski definition) is 2. The smallest absolute Gasteiger partial charge is 0.191 e. The molecule has 1 heterocycles. The zero-order valence-corrected chi connectivity index (χ0v) is 18.0. The lowest BCUT2D eigenvalue weighted by Crippen LogP contribution is -2.37. The van der Waals surface area contributed by atoms with E-state index in [1.54, 1.807) is 7.05 Å². The first-order chi connectivity index (χ1) is 12.3. The first kappa shape index (κ1) is 22.4. The highest BCUT2D eigenvalue weighted by atomic mass is 127. The van der Waals surface area contributed by atoms with E-state index in [0.717, 1.165) is 50.7 Å². The standard InChI is InChI=1S/C19H29N5O.HI/c1-3-25-12-8-7-11-21-19(20-2)22-13-18-14-23-24(16-18)15-17-9-5-4-6-10-17;/h4-6,9-10,14,16H,3,7-8,11-13,15H2,1-2H3,(H2,20,21,22);1H. The van der Waals surface area contributed by atoms with Gasteiger partial charge in [0.1, 0.15) is 0 Å². The third kappa shape index (κ3) is 8.66. The lowest BCUT2D eigenvalue weighted by atomic mass is 10.2. The van der Waals surface area contributed by atoms with Crippen LogP contribution in [0.25, 0.3) is 0 Å². The molecule has 1 aromatic carbocycles. The van der Waals surface area contributed by atoms with Crippen LogP contribution in [0.1, 0.15) is 30.9 Å². The number of nitrogens with one attached hydrogen (secondary N) is 2. The molecule has 144 valence electrons. The molecular formula is C19H30IN5O. The van der Waals surface area contributed by atoms with Crippen molar-refractivity contribution in [3.05, 3.63) is 53.9 Å². The van der Waals surface area contributed by atoms with Gasteiger partial charge in [0.2, 0.25) is 0 Å². The van der Waals surface area contributed by atoms with Crippen molar-refractivity contribution in [3.8, 4) is 0 Å². The number of nitrogens with zero attached hydrogens (tertiary/aromatic N) is 3. The highest BCUT2D eigenvalue weighted by Crippen LogP contribution is 2.03. The summed E-state index contributed by atoms with van der Waals surface area (Å²) in [5.41, 5.74) is 2.38. The molecule has 6 nitrogen and oxygen atoms in total. The van der Waals surface area contributed by atoms with Crippen LogP contribution in [0.2, 0.25) is 0 Å². The molecule has 7 heteroatoms. The molecule has 0 aliphatic heterocycles. The van der Waals surface area contributed by atoms with E-state index < -0.39 is 0 Å². The number of hydrogen-bond acceptors (Lipinski definition) is 3. The van der Waals surface area contributed by atoms with Gasteiger partial charge in [0.25, 0.3) is 0 Å². The van der Waals surface area contributed by atoms with E-state index in [1.807, 2.05) is 36.0 Å². The summed E-state index contributed by atoms with van der Waals surface area (Å²) in [6, 6.07) is 10.3. The van der Waals surface area contributed by atoms with E-state index in [0.29, 0.717) is 6.54 Å². The third-order valence-corrected chi connectivity index (χ3v) is 3.77. The van der Waals surface area contributed by atoms with Gasteiger partial charge in [-0.2, -0.15) is 5.10 Å². The molecule has 0 spiro atoms. The van der Waals surface area contributed by atoms with E-state index >= 15 is 0 Å². The number of aromatic nitrogens is 2. The fourth-order valence-corrected chi connectivity index (χ4v) is 2.44. The van der Waals surface area contributed by atoms with Gasteiger partial charge in [0, 0.05) is 45.1 Å². The molecule has 0 bridgehead atoms. The molecule has 1 aromatic heterocycles. The average molecular weight is 471 g/mol. The Bertz CT molecular complexity index is 630. The number of rotatable bonds is 10. The Kier molecular flexibility index (Phi) is 11.7. The van der Waals surface area contributed by atoms with Crippen LogP contribution in [-0.4, -0.2) is 42.5 Å². The zero-order chi connectivity index (χ0) is 17.7. The molecule has 0 atom stereocenters. The molecule has 0 saturated heterocycles. The first-order valence-corrected chi connectivity index (χ1v) is 8.89. The number of guanidine groups is 1. The minimum Gasteiger partial charge on any atom is -0.382 e. The van der Waals surface area contributed by atoms with Gasteiger partial charge in [-0.1, -0.05) is 30.3 Å². The third-order valence-electron chi connectivity index (χ3n) is 3.77. The van der Waals surface area contributed by atoms with Crippen LogP contribution in [0.3, 0.4) is 0 Å².